The SMILES string of the molecule is CC(C)NCc1ccnc(-c2ccc(Cl)cn2)n1. The van der Waals surface area contributed by atoms with Gasteiger partial charge >= 0.3 is 0 Å². The van der Waals surface area contributed by atoms with E-state index < -0.39 is 0 Å². The second kappa shape index (κ2) is 5.89. The smallest absolute Gasteiger partial charge is 0.178 e. The van der Waals surface area contributed by atoms with Crippen LogP contribution in [0, 0.1) is 0 Å². The van der Waals surface area contributed by atoms with Gasteiger partial charge in [0.25, 0.3) is 0 Å². The third-order valence-corrected chi connectivity index (χ3v) is 2.58. The van der Waals surface area contributed by atoms with Gasteiger partial charge in [0.05, 0.1) is 10.7 Å². The molecule has 0 spiro atoms. The number of hydrogen-bond donors (Lipinski definition) is 1. The summed E-state index contributed by atoms with van der Waals surface area (Å²) in [5, 5.41) is 3.93. The molecule has 0 aliphatic heterocycles. The first-order valence-electron chi connectivity index (χ1n) is 5.82. The van der Waals surface area contributed by atoms with Crippen molar-refractivity contribution in [1.82, 2.24) is 20.3 Å². The molecule has 0 radical (unpaired) electrons. The Morgan fingerprint density at radius 2 is 2.06 bits per heavy atom. The van der Waals surface area contributed by atoms with Gasteiger partial charge in [-0.05, 0) is 18.2 Å². The number of nitrogens with zero attached hydrogens (tertiary/aromatic N) is 3. The zero-order chi connectivity index (χ0) is 13.0. The van der Waals surface area contributed by atoms with Crippen molar-refractivity contribution >= 4 is 11.6 Å². The van der Waals surface area contributed by atoms with E-state index in [4.69, 9.17) is 11.6 Å². The number of aromatic nitrogens is 3. The van der Waals surface area contributed by atoms with Gasteiger partial charge in [0.1, 0.15) is 5.69 Å². The summed E-state index contributed by atoms with van der Waals surface area (Å²) in [5.74, 6) is 0.620. The molecule has 2 aromatic heterocycles. The van der Waals surface area contributed by atoms with Crippen molar-refractivity contribution in [2.24, 2.45) is 0 Å². The highest BCUT2D eigenvalue weighted by atomic mass is 35.5. The average Bonchev–Trinajstić information content (AvgIpc) is 2.37. The van der Waals surface area contributed by atoms with E-state index in [9.17, 15) is 0 Å². The van der Waals surface area contributed by atoms with Crippen LogP contribution in [0.2, 0.25) is 5.02 Å². The summed E-state index contributed by atoms with van der Waals surface area (Å²) >= 11 is 5.80. The van der Waals surface area contributed by atoms with Crippen LogP contribution in [0.4, 0.5) is 0 Å². The molecule has 0 fully saturated rings. The number of halogens is 1. The van der Waals surface area contributed by atoms with E-state index in [1.165, 1.54) is 0 Å². The van der Waals surface area contributed by atoms with Crippen LogP contribution in [-0.4, -0.2) is 21.0 Å². The summed E-state index contributed by atoms with van der Waals surface area (Å²) in [4.78, 5) is 12.9. The third-order valence-electron chi connectivity index (χ3n) is 2.36. The molecule has 0 bridgehead atoms. The Hall–Kier alpha value is -1.52. The topological polar surface area (TPSA) is 50.7 Å². The fourth-order valence-electron chi connectivity index (χ4n) is 1.43. The Balaban J connectivity index is 2.18. The Morgan fingerprint density at radius 1 is 1.22 bits per heavy atom. The molecule has 2 heterocycles. The van der Waals surface area contributed by atoms with Crippen LogP contribution in [0.15, 0.2) is 30.6 Å². The molecule has 0 atom stereocenters. The molecule has 2 aromatic rings. The van der Waals surface area contributed by atoms with E-state index in [1.807, 2.05) is 12.1 Å². The van der Waals surface area contributed by atoms with Gasteiger partial charge < -0.3 is 5.32 Å². The standard InChI is InChI=1S/C13H15ClN4/c1-9(2)16-8-11-5-6-15-13(18-11)12-4-3-10(14)7-17-12/h3-7,9,16H,8H2,1-2H3. The van der Waals surface area contributed by atoms with E-state index >= 15 is 0 Å². The normalized spacial score (nSPS) is 10.9. The lowest BCUT2D eigenvalue weighted by molar-refractivity contribution is 0.581. The molecule has 0 aliphatic carbocycles. The van der Waals surface area contributed by atoms with Gasteiger partial charge in [0, 0.05) is 25.0 Å². The molecule has 0 amide bonds. The highest BCUT2D eigenvalue weighted by Gasteiger charge is 2.04. The van der Waals surface area contributed by atoms with Gasteiger partial charge in [-0.2, -0.15) is 0 Å². The van der Waals surface area contributed by atoms with Crippen molar-refractivity contribution in [1.29, 1.82) is 0 Å². The second-order valence-electron chi connectivity index (χ2n) is 4.27. The van der Waals surface area contributed by atoms with Crippen LogP contribution in [-0.2, 0) is 6.54 Å². The van der Waals surface area contributed by atoms with Crippen LogP contribution < -0.4 is 5.32 Å². The minimum Gasteiger partial charge on any atom is -0.309 e. The number of pyridine rings is 1. The molecule has 0 aromatic carbocycles. The summed E-state index contributed by atoms with van der Waals surface area (Å²) in [6.07, 6.45) is 3.34. The first kappa shape index (κ1) is 12.9. The van der Waals surface area contributed by atoms with Gasteiger partial charge in [-0.1, -0.05) is 25.4 Å². The molecule has 0 aliphatic rings. The summed E-state index contributed by atoms with van der Waals surface area (Å²) in [5.41, 5.74) is 1.68. The van der Waals surface area contributed by atoms with Gasteiger partial charge in [-0.3, -0.25) is 4.98 Å². The molecule has 2 rings (SSSR count). The van der Waals surface area contributed by atoms with Crippen molar-refractivity contribution in [2.45, 2.75) is 26.4 Å². The Bertz CT molecular complexity index is 511. The lowest BCUT2D eigenvalue weighted by atomic mass is 10.3. The van der Waals surface area contributed by atoms with E-state index in [1.54, 1.807) is 18.5 Å². The quantitative estimate of drug-likeness (QED) is 0.920. The predicted octanol–water partition coefficient (Wildman–Crippen LogP) is 2.69. The molecule has 0 saturated heterocycles. The van der Waals surface area contributed by atoms with Crippen LogP contribution in [0.1, 0.15) is 19.5 Å². The van der Waals surface area contributed by atoms with Gasteiger partial charge in [-0.15, -0.1) is 0 Å². The number of hydrogen-bond acceptors (Lipinski definition) is 4. The Labute approximate surface area is 111 Å². The molecule has 5 heteroatoms. The van der Waals surface area contributed by atoms with Crippen molar-refractivity contribution in [3.63, 3.8) is 0 Å². The second-order valence-corrected chi connectivity index (χ2v) is 4.71. The Kier molecular flexibility index (Phi) is 4.23. The van der Waals surface area contributed by atoms with Crippen LogP contribution in [0.25, 0.3) is 11.5 Å². The molecular weight excluding hydrogens is 248 g/mol. The largest absolute Gasteiger partial charge is 0.309 e. The van der Waals surface area contributed by atoms with Crippen molar-refractivity contribution in [2.75, 3.05) is 0 Å². The molecule has 18 heavy (non-hydrogen) atoms. The number of rotatable bonds is 4. The summed E-state index contributed by atoms with van der Waals surface area (Å²) in [6, 6.07) is 5.93. The summed E-state index contributed by atoms with van der Waals surface area (Å²) in [7, 11) is 0. The summed E-state index contributed by atoms with van der Waals surface area (Å²) in [6.45, 7) is 4.92. The molecule has 0 saturated carbocycles. The van der Waals surface area contributed by atoms with Crippen LogP contribution in [0.5, 0.6) is 0 Å². The zero-order valence-corrected chi connectivity index (χ0v) is 11.1. The molecular formula is C13H15ClN4. The highest BCUT2D eigenvalue weighted by Crippen LogP contribution is 2.14. The predicted molar refractivity (Wildman–Crippen MR) is 72.2 cm³/mol. The first-order chi connectivity index (χ1) is 8.65. The van der Waals surface area contributed by atoms with Crippen molar-refractivity contribution in [3.05, 3.63) is 41.3 Å². The van der Waals surface area contributed by atoms with Crippen molar-refractivity contribution < 1.29 is 0 Å². The number of nitrogens with one attached hydrogen (secondary N) is 1. The fraction of sp³-hybridized carbons (Fsp3) is 0.308. The van der Waals surface area contributed by atoms with E-state index in [2.05, 4.69) is 34.1 Å². The monoisotopic (exact) mass is 262 g/mol. The molecule has 1 N–H and O–H groups in total. The van der Waals surface area contributed by atoms with E-state index in [0.717, 1.165) is 17.9 Å². The van der Waals surface area contributed by atoms with E-state index in [-0.39, 0.29) is 0 Å². The fourth-order valence-corrected chi connectivity index (χ4v) is 1.55. The minimum absolute atomic E-state index is 0.428. The van der Waals surface area contributed by atoms with Gasteiger partial charge in [-0.25, -0.2) is 9.97 Å². The minimum atomic E-state index is 0.428. The third kappa shape index (κ3) is 3.48. The maximum Gasteiger partial charge on any atom is 0.178 e. The maximum atomic E-state index is 5.80. The van der Waals surface area contributed by atoms with E-state index in [0.29, 0.717) is 16.9 Å². The summed E-state index contributed by atoms with van der Waals surface area (Å²) < 4.78 is 0. The van der Waals surface area contributed by atoms with Gasteiger partial charge in [0.2, 0.25) is 0 Å². The van der Waals surface area contributed by atoms with Crippen LogP contribution in [0.3, 0.4) is 0 Å². The lowest BCUT2D eigenvalue weighted by Gasteiger charge is -2.08. The lowest BCUT2D eigenvalue weighted by Crippen LogP contribution is -2.22. The molecule has 94 valence electrons. The highest BCUT2D eigenvalue weighted by molar-refractivity contribution is 6.30. The maximum absolute atomic E-state index is 5.80. The zero-order valence-electron chi connectivity index (χ0n) is 10.4. The first-order valence-corrected chi connectivity index (χ1v) is 6.20. The van der Waals surface area contributed by atoms with Crippen molar-refractivity contribution in [3.8, 4) is 11.5 Å². The average molecular weight is 263 g/mol. The van der Waals surface area contributed by atoms with Crippen LogP contribution >= 0.6 is 11.6 Å². The Morgan fingerprint density at radius 3 is 2.72 bits per heavy atom. The molecule has 4 nitrogen and oxygen atoms in total. The van der Waals surface area contributed by atoms with Gasteiger partial charge in [0.15, 0.2) is 5.82 Å². The molecule has 0 unspecified atom stereocenters.